The number of para-hydroxylation sites is 2. The van der Waals surface area contributed by atoms with Gasteiger partial charge in [-0.25, -0.2) is 0 Å². The summed E-state index contributed by atoms with van der Waals surface area (Å²) in [6.07, 6.45) is 6.63. The van der Waals surface area contributed by atoms with Gasteiger partial charge < -0.3 is 4.57 Å². The van der Waals surface area contributed by atoms with Crippen LogP contribution in [0.2, 0.25) is 0 Å². The molecule has 0 radical (unpaired) electrons. The first-order valence-electron chi connectivity index (χ1n) is 8.18. The van der Waals surface area contributed by atoms with E-state index in [1.54, 1.807) is 0 Å². The van der Waals surface area contributed by atoms with Crippen LogP contribution in [0.3, 0.4) is 0 Å². The molecule has 0 unspecified atom stereocenters. The lowest BCUT2D eigenvalue weighted by molar-refractivity contribution is 1.04. The third kappa shape index (κ3) is 1.80. The van der Waals surface area contributed by atoms with Crippen LogP contribution >= 0.6 is 0 Å². The van der Waals surface area contributed by atoms with Gasteiger partial charge in [0.05, 0.1) is 11.0 Å². The monoisotopic (exact) mass is 295 g/mol. The number of aromatic nitrogens is 1. The van der Waals surface area contributed by atoms with Crippen molar-refractivity contribution in [2.45, 2.75) is 12.8 Å². The van der Waals surface area contributed by atoms with E-state index in [2.05, 4.69) is 83.4 Å². The summed E-state index contributed by atoms with van der Waals surface area (Å²) in [5.74, 6) is 0. The van der Waals surface area contributed by atoms with Gasteiger partial charge in [0, 0.05) is 16.5 Å². The largest absolute Gasteiger partial charge is 0.309 e. The van der Waals surface area contributed by atoms with Crippen molar-refractivity contribution in [2.75, 3.05) is 0 Å². The first-order valence-corrected chi connectivity index (χ1v) is 8.18. The predicted octanol–water partition coefficient (Wildman–Crippen LogP) is 5.44. The molecule has 0 amide bonds. The fraction of sp³-hybridized carbons (Fsp3) is 0.0909. The molecule has 5 rings (SSSR count). The Morgan fingerprint density at radius 1 is 0.609 bits per heavy atom. The van der Waals surface area contributed by atoms with Crippen LogP contribution in [0, 0.1) is 0 Å². The maximum atomic E-state index is 2.43. The number of allylic oxidation sites excluding steroid dienone is 2. The maximum absolute atomic E-state index is 2.43. The highest BCUT2D eigenvalue weighted by atomic mass is 15.0. The van der Waals surface area contributed by atoms with Gasteiger partial charge in [-0.15, -0.1) is 0 Å². The van der Waals surface area contributed by atoms with Crippen LogP contribution in [0.4, 0.5) is 0 Å². The Labute approximate surface area is 135 Å². The van der Waals surface area contributed by atoms with Gasteiger partial charge in [-0.2, -0.15) is 0 Å². The van der Waals surface area contributed by atoms with Gasteiger partial charge in [0.1, 0.15) is 0 Å². The van der Waals surface area contributed by atoms with Crippen LogP contribution in [-0.2, 0) is 12.8 Å². The number of nitrogens with zero attached hydrogens (tertiary/aromatic N) is 1. The zero-order valence-corrected chi connectivity index (χ0v) is 12.9. The number of fused-ring (bicyclic) bond motifs is 4. The van der Waals surface area contributed by atoms with Crippen molar-refractivity contribution < 1.29 is 0 Å². The summed E-state index contributed by atoms with van der Waals surface area (Å²) in [5.41, 5.74) is 6.81. The standard InChI is InChI=1S/C22H17N/c1-2-10-17-16(8-1)9-7-15-20(17)23-21-13-5-3-11-18(21)19-12-4-6-14-22(19)23/h1-7,9,11-15H,8,10H2. The van der Waals surface area contributed by atoms with Crippen LogP contribution in [0.25, 0.3) is 27.5 Å². The fourth-order valence-corrected chi connectivity index (χ4v) is 3.85. The Morgan fingerprint density at radius 2 is 1.26 bits per heavy atom. The Balaban J connectivity index is 1.94. The molecule has 1 heterocycles. The molecule has 23 heavy (non-hydrogen) atoms. The van der Waals surface area contributed by atoms with Gasteiger partial charge in [0.15, 0.2) is 0 Å². The lowest BCUT2D eigenvalue weighted by Gasteiger charge is -2.18. The molecule has 0 spiro atoms. The van der Waals surface area contributed by atoms with E-state index in [0.29, 0.717) is 0 Å². The minimum absolute atomic E-state index is 1.02. The zero-order valence-electron chi connectivity index (χ0n) is 12.9. The third-order valence-electron chi connectivity index (χ3n) is 4.90. The van der Waals surface area contributed by atoms with E-state index < -0.39 is 0 Å². The van der Waals surface area contributed by atoms with Crippen molar-refractivity contribution in [1.82, 2.24) is 4.57 Å². The van der Waals surface area contributed by atoms with Crippen molar-refractivity contribution in [3.05, 3.63) is 90.0 Å². The Morgan fingerprint density at radius 3 is 2.00 bits per heavy atom. The van der Waals surface area contributed by atoms with Gasteiger partial charge in [0.2, 0.25) is 0 Å². The number of hydrogen-bond acceptors (Lipinski definition) is 0. The van der Waals surface area contributed by atoms with Crippen molar-refractivity contribution in [3.63, 3.8) is 0 Å². The molecule has 0 fully saturated rings. The number of benzene rings is 3. The van der Waals surface area contributed by atoms with Crippen LogP contribution in [-0.4, -0.2) is 4.57 Å². The van der Waals surface area contributed by atoms with E-state index in [4.69, 9.17) is 0 Å². The maximum Gasteiger partial charge on any atom is 0.0541 e. The van der Waals surface area contributed by atoms with Crippen molar-refractivity contribution in [1.29, 1.82) is 0 Å². The average Bonchev–Trinajstić information content (AvgIpc) is 2.96. The molecule has 0 atom stereocenters. The molecule has 1 aliphatic rings. The highest BCUT2D eigenvalue weighted by molar-refractivity contribution is 6.09. The number of rotatable bonds is 1. The molecule has 0 bridgehead atoms. The first kappa shape index (κ1) is 12.7. The number of hydrogen-bond donors (Lipinski definition) is 0. The van der Waals surface area contributed by atoms with Gasteiger partial charge in [-0.3, -0.25) is 0 Å². The molecule has 3 aromatic carbocycles. The Bertz CT molecular complexity index is 1010. The Kier molecular flexibility index (Phi) is 2.68. The molecular formula is C22H17N. The van der Waals surface area contributed by atoms with Crippen LogP contribution in [0.1, 0.15) is 11.1 Å². The van der Waals surface area contributed by atoms with Crippen LogP contribution in [0.5, 0.6) is 0 Å². The SMILES string of the molecule is C1=CCc2c(cccc2-n2c3ccccc3c3ccccc32)C1. The predicted molar refractivity (Wildman–Crippen MR) is 97.3 cm³/mol. The second-order valence-corrected chi connectivity index (χ2v) is 6.16. The van der Waals surface area contributed by atoms with E-state index in [-0.39, 0.29) is 0 Å². The van der Waals surface area contributed by atoms with Crippen LogP contribution in [0.15, 0.2) is 78.9 Å². The van der Waals surface area contributed by atoms with E-state index in [0.717, 1.165) is 12.8 Å². The molecule has 1 nitrogen and oxygen atoms in total. The molecule has 0 N–H and O–H groups in total. The molecule has 110 valence electrons. The van der Waals surface area contributed by atoms with Crippen molar-refractivity contribution >= 4 is 21.8 Å². The molecule has 1 aromatic heterocycles. The van der Waals surface area contributed by atoms with E-state index in [1.165, 1.54) is 38.6 Å². The van der Waals surface area contributed by atoms with Crippen molar-refractivity contribution in [2.24, 2.45) is 0 Å². The summed E-state index contributed by atoms with van der Waals surface area (Å²) in [4.78, 5) is 0. The van der Waals surface area contributed by atoms with Crippen LogP contribution < -0.4 is 0 Å². The molecule has 0 saturated carbocycles. The minimum atomic E-state index is 1.02. The van der Waals surface area contributed by atoms with Gasteiger partial charge in [-0.1, -0.05) is 60.7 Å². The second kappa shape index (κ2) is 4.85. The topological polar surface area (TPSA) is 4.93 Å². The highest BCUT2D eigenvalue weighted by Crippen LogP contribution is 2.34. The normalized spacial score (nSPS) is 13.6. The summed E-state index contributed by atoms with van der Waals surface area (Å²) in [7, 11) is 0. The summed E-state index contributed by atoms with van der Waals surface area (Å²) >= 11 is 0. The summed E-state index contributed by atoms with van der Waals surface area (Å²) < 4.78 is 2.43. The summed E-state index contributed by atoms with van der Waals surface area (Å²) in [5, 5.41) is 2.65. The lowest BCUT2D eigenvalue weighted by atomic mass is 9.95. The minimum Gasteiger partial charge on any atom is -0.309 e. The quantitative estimate of drug-likeness (QED) is 0.412. The second-order valence-electron chi connectivity index (χ2n) is 6.16. The summed E-state index contributed by atoms with van der Waals surface area (Å²) in [6, 6.07) is 24.1. The van der Waals surface area contributed by atoms with E-state index >= 15 is 0 Å². The van der Waals surface area contributed by atoms with E-state index in [9.17, 15) is 0 Å². The summed E-state index contributed by atoms with van der Waals surface area (Å²) in [6.45, 7) is 0. The third-order valence-corrected chi connectivity index (χ3v) is 4.90. The van der Waals surface area contributed by atoms with Crippen molar-refractivity contribution in [3.8, 4) is 5.69 Å². The van der Waals surface area contributed by atoms with E-state index in [1.807, 2.05) is 0 Å². The average molecular weight is 295 g/mol. The molecule has 0 saturated heterocycles. The molecule has 4 aromatic rings. The fourth-order valence-electron chi connectivity index (χ4n) is 3.85. The molecule has 1 aliphatic carbocycles. The first-order chi connectivity index (χ1) is 11.4. The Hall–Kier alpha value is -2.80. The highest BCUT2D eigenvalue weighted by Gasteiger charge is 2.16. The zero-order chi connectivity index (χ0) is 15.2. The van der Waals surface area contributed by atoms with Gasteiger partial charge in [0.25, 0.3) is 0 Å². The van der Waals surface area contributed by atoms with Gasteiger partial charge in [-0.05, 0) is 42.2 Å². The molecule has 0 aliphatic heterocycles. The van der Waals surface area contributed by atoms with Gasteiger partial charge >= 0.3 is 0 Å². The smallest absolute Gasteiger partial charge is 0.0541 e. The molecular weight excluding hydrogens is 278 g/mol. The molecule has 1 heteroatoms. The lowest BCUT2D eigenvalue weighted by Crippen LogP contribution is -2.05.